The number of nitrogens with two attached hydrogens (primary N) is 1. The Kier molecular flexibility index (Phi) is 4.06. The van der Waals surface area contributed by atoms with Gasteiger partial charge in [0.2, 0.25) is 5.91 Å². The molecule has 1 aromatic rings. The van der Waals surface area contributed by atoms with Crippen LogP contribution in [0.4, 0.5) is 5.69 Å². The third kappa shape index (κ3) is 2.59. The molecule has 1 aromatic carbocycles. The molecule has 20 heavy (non-hydrogen) atoms. The maximum atomic E-state index is 12.9. The lowest BCUT2D eigenvalue weighted by atomic mass is 9.93. The second-order valence-corrected chi connectivity index (χ2v) is 6.13. The van der Waals surface area contributed by atoms with E-state index in [0.717, 1.165) is 37.1 Å². The summed E-state index contributed by atoms with van der Waals surface area (Å²) in [4.78, 5) is 14.9. The summed E-state index contributed by atoms with van der Waals surface area (Å²) in [5.41, 5.74) is 8.34. The first-order chi connectivity index (χ1) is 9.77. The van der Waals surface area contributed by atoms with E-state index in [4.69, 9.17) is 5.73 Å². The van der Waals surface area contributed by atoms with E-state index in [-0.39, 0.29) is 12.0 Å². The van der Waals surface area contributed by atoms with E-state index >= 15 is 0 Å². The molecule has 3 rings (SSSR count). The molecule has 1 fully saturated rings. The van der Waals surface area contributed by atoms with Gasteiger partial charge in [-0.3, -0.25) is 4.79 Å². The second-order valence-electron chi connectivity index (χ2n) is 6.13. The summed E-state index contributed by atoms with van der Waals surface area (Å²) >= 11 is 0. The van der Waals surface area contributed by atoms with E-state index in [1.807, 2.05) is 23.1 Å². The van der Waals surface area contributed by atoms with Gasteiger partial charge in [0.05, 0.1) is 0 Å². The molecule has 1 aliphatic heterocycles. The first kappa shape index (κ1) is 13.6. The normalized spacial score (nSPS) is 24.1. The number of carbonyl (C=O) groups is 1. The Morgan fingerprint density at radius 2 is 1.75 bits per heavy atom. The molecule has 108 valence electrons. The highest BCUT2D eigenvalue weighted by atomic mass is 16.2. The fourth-order valence-electron chi connectivity index (χ4n) is 3.57. The number of benzene rings is 1. The first-order valence-electron chi connectivity index (χ1n) is 7.93. The maximum Gasteiger partial charge on any atom is 0.230 e. The average Bonchev–Trinajstić information content (AvgIpc) is 2.76. The Morgan fingerprint density at radius 3 is 2.50 bits per heavy atom. The highest BCUT2D eigenvalue weighted by Crippen LogP contribution is 2.34. The summed E-state index contributed by atoms with van der Waals surface area (Å²) in [5, 5.41) is 0. The first-order valence-corrected chi connectivity index (χ1v) is 7.93. The summed E-state index contributed by atoms with van der Waals surface area (Å²) in [6.07, 6.45) is 7.95. The van der Waals surface area contributed by atoms with Gasteiger partial charge in [-0.05, 0) is 30.9 Å². The van der Waals surface area contributed by atoms with Crippen LogP contribution in [0.5, 0.6) is 0 Å². The minimum Gasteiger partial charge on any atom is -0.324 e. The van der Waals surface area contributed by atoms with Gasteiger partial charge >= 0.3 is 0 Å². The molecule has 1 unspecified atom stereocenters. The summed E-state index contributed by atoms with van der Waals surface area (Å²) in [5.74, 6) is 0.547. The highest BCUT2D eigenvalue weighted by Gasteiger charge is 2.31. The lowest BCUT2D eigenvalue weighted by Gasteiger charge is -2.34. The molecule has 3 heteroatoms. The monoisotopic (exact) mass is 272 g/mol. The Balaban J connectivity index is 1.83. The van der Waals surface area contributed by atoms with Gasteiger partial charge in [0.25, 0.3) is 0 Å². The van der Waals surface area contributed by atoms with E-state index in [1.54, 1.807) is 0 Å². The Labute approximate surface area is 121 Å². The summed E-state index contributed by atoms with van der Waals surface area (Å²) in [6.45, 7) is 0.771. The largest absolute Gasteiger partial charge is 0.324 e. The fraction of sp³-hybridized carbons (Fsp3) is 0.588. The van der Waals surface area contributed by atoms with Crippen LogP contribution in [0.15, 0.2) is 24.3 Å². The molecule has 2 aliphatic rings. The predicted molar refractivity (Wildman–Crippen MR) is 81.5 cm³/mol. The van der Waals surface area contributed by atoms with Crippen molar-refractivity contribution in [3.63, 3.8) is 0 Å². The van der Waals surface area contributed by atoms with Crippen LogP contribution in [0.2, 0.25) is 0 Å². The number of hydrogen-bond donors (Lipinski definition) is 1. The van der Waals surface area contributed by atoms with Gasteiger partial charge in [-0.1, -0.05) is 43.9 Å². The molecule has 0 aromatic heterocycles. The van der Waals surface area contributed by atoms with Crippen molar-refractivity contribution in [2.75, 3.05) is 11.4 Å². The SMILES string of the molecule is NC1CCN(C(=O)C2CCCCCC2)c2ccccc21. The van der Waals surface area contributed by atoms with Gasteiger partial charge < -0.3 is 10.6 Å². The van der Waals surface area contributed by atoms with E-state index in [2.05, 4.69) is 6.07 Å². The molecule has 0 saturated heterocycles. The Hall–Kier alpha value is -1.35. The van der Waals surface area contributed by atoms with Crippen molar-refractivity contribution in [1.82, 2.24) is 0 Å². The van der Waals surface area contributed by atoms with Crippen LogP contribution in [0.3, 0.4) is 0 Å². The highest BCUT2D eigenvalue weighted by molar-refractivity contribution is 5.96. The number of carbonyl (C=O) groups excluding carboxylic acids is 1. The molecule has 3 nitrogen and oxygen atoms in total. The van der Waals surface area contributed by atoms with Gasteiger partial charge in [-0.2, -0.15) is 0 Å². The van der Waals surface area contributed by atoms with Crippen molar-refractivity contribution >= 4 is 11.6 Å². The number of amides is 1. The lowest BCUT2D eigenvalue weighted by Crippen LogP contribution is -2.41. The van der Waals surface area contributed by atoms with Gasteiger partial charge in [-0.15, -0.1) is 0 Å². The zero-order valence-electron chi connectivity index (χ0n) is 12.1. The molecule has 1 aliphatic carbocycles. The van der Waals surface area contributed by atoms with E-state index < -0.39 is 0 Å². The summed E-state index contributed by atoms with van der Waals surface area (Å²) in [7, 11) is 0. The topological polar surface area (TPSA) is 46.3 Å². The predicted octanol–water partition coefficient (Wildman–Crippen LogP) is 3.39. The minimum atomic E-state index is 0.0735. The van der Waals surface area contributed by atoms with Crippen molar-refractivity contribution in [3.05, 3.63) is 29.8 Å². The molecule has 1 heterocycles. The van der Waals surface area contributed by atoms with Crippen LogP contribution in [0, 0.1) is 5.92 Å². The summed E-state index contributed by atoms with van der Waals surface area (Å²) < 4.78 is 0. The number of para-hydroxylation sites is 1. The van der Waals surface area contributed by atoms with Crippen molar-refractivity contribution in [3.8, 4) is 0 Å². The van der Waals surface area contributed by atoms with Crippen LogP contribution in [-0.2, 0) is 4.79 Å². The summed E-state index contributed by atoms with van der Waals surface area (Å²) in [6, 6.07) is 8.20. The molecule has 1 amide bonds. The Bertz CT molecular complexity index is 478. The van der Waals surface area contributed by atoms with Gasteiger partial charge in [0.15, 0.2) is 0 Å². The molecular weight excluding hydrogens is 248 g/mol. The molecule has 2 N–H and O–H groups in total. The minimum absolute atomic E-state index is 0.0735. The molecular formula is C17H24N2O. The zero-order valence-corrected chi connectivity index (χ0v) is 12.1. The van der Waals surface area contributed by atoms with Gasteiger partial charge in [-0.25, -0.2) is 0 Å². The third-order valence-electron chi connectivity index (χ3n) is 4.76. The zero-order chi connectivity index (χ0) is 13.9. The lowest BCUT2D eigenvalue weighted by molar-refractivity contribution is -0.122. The van der Waals surface area contributed by atoms with Crippen molar-refractivity contribution in [2.45, 2.75) is 51.0 Å². The van der Waals surface area contributed by atoms with Crippen LogP contribution < -0.4 is 10.6 Å². The molecule has 0 radical (unpaired) electrons. The maximum absolute atomic E-state index is 12.9. The Morgan fingerprint density at radius 1 is 1.05 bits per heavy atom. The quantitative estimate of drug-likeness (QED) is 0.796. The molecule has 1 atom stereocenters. The fourth-order valence-corrected chi connectivity index (χ4v) is 3.57. The van der Waals surface area contributed by atoms with Gasteiger partial charge in [0.1, 0.15) is 0 Å². The number of nitrogens with zero attached hydrogens (tertiary/aromatic N) is 1. The van der Waals surface area contributed by atoms with E-state index in [1.165, 1.54) is 25.7 Å². The van der Waals surface area contributed by atoms with Gasteiger partial charge in [0, 0.05) is 24.2 Å². The van der Waals surface area contributed by atoms with Crippen molar-refractivity contribution in [2.24, 2.45) is 11.7 Å². The van der Waals surface area contributed by atoms with E-state index in [0.29, 0.717) is 5.91 Å². The molecule has 0 spiro atoms. The number of fused-ring (bicyclic) bond motifs is 1. The van der Waals surface area contributed by atoms with E-state index in [9.17, 15) is 4.79 Å². The second kappa shape index (κ2) is 5.96. The smallest absolute Gasteiger partial charge is 0.230 e. The molecule has 0 bridgehead atoms. The van der Waals surface area contributed by atoms with Crippen LogP contribution in [0.1, 0.15) is 56.6 Å². The number of hydrogen-bond acceptors (Lipinski definition) is 2. The standard InChI is InChI=1S/C17H24N2O/c18-15-11-12-19(16-10-6-5-9-14(15)16)17(20)13-7-3-1-2-4-8-13/h5-6,9-10,13,15H,1-4,7-8,11-12,18H2. The average molecular weight is 272 g/mol. The van der Waals surface area contributed by atoms with Crippen molar-refractivity contribution < 1.29 is 4.79 Å². The number of anilines is 1. The molecule has 1 saturated carbocycles. The van der Waals surface area contributed by atoms with Crippen molar-refractivity contribution in [1.29, 1.82) is 0 Å². The van der Waals surface area contributed by atoms with Crippen LogP contribution in [0.25, 0.3) is 0 Å². The van der Waals surface area contributed by atoms with Crippen LogP contribution >= 0.6 is 0 Å². The number of rotatable bonds is 1. The van der Waals surface area contributed by atoms with Crippen LogP contribution in [-0.4, -0.2) is 12.5 Å². The third-order valence-corrected chi connectivity index (χ3v) is 4.76.